The van der Waals surface area contributed by atoms with Crippen LogP contribution >= 0.6 is 0 Å². The van der Waals surface area contributed by atoms with Crippen molar-refractivity contribution in [2.75, 3.05) is 19.6 Å². The molecule has 3 saturated carbocycles. The van der Waals surface area contributed by atoms with Crippen molar-refractivity contribution in [3.8, 4) is 0 Å². The summed E-state index contributed by atoms with van der Waals surface area (Å²) in [5, 5.41) is 3.13. The van der Waals surface area contributed by atoms with Gasteiger partial charge in [0, 0.05) is 25.2 Å². The number of nitrogens with zero attached hydrogens (tertiary/aromatic N) is 1. The van der Waals surface area contributed by atoms with Gasteiger partial charge in [-0.05, 0) is 50.5 Å². The summed E-state index contributed by atoms with van der Waals surface area (Å²) < 4.78 is 0. The molecule has 19 heavy (non-hydrogen) atoms. The van der Waals surface area contributed by atoms with E-state index in [0.29, 0.717) is 11.8 Å². The fraction of sp³-hybridized carbons (Fsp3) is 0.933. The molecule has 108 valence electrons. The maximum Gasteiger partial charge on any atom is 0.225 e. The molecule has 0 aliphatic heterocycles. The first-order valence-electron chi connectivity index (χ1n) is 7.98. The van der Waals surface area contributed by atoms with E-state index in [2.05, 4.69) is 17.1 Å². The predicted octanol–water partition coefficient (Wildman–Crippen LogP) is 0.960. The van der Waals surface area contributed by atoms with Crippen molar-refractivity contribution in [2.45, 2.75) is 51.1 Å². The molecule has 1 amide bonds. The number of hydrogen-bond acceptors (Lipinski definition) is 3. The van der Waals surface area contributed by atoms with Crippen molar-refractivity contribution in [3.63, 3.8) is 0 Å². The van der Waals surface area contributed by atoms with Crippen molar-refractivity contribution in [1.29, 1.82) is 0 Å². The Morgan fingerprint density at radius 3 is 2.58 bits per heavy atom. The van der Waals surface area contributed by atoms with Crippen LogP contribution < -0.4 is 11.1 Å². The fourth-order valence-corrected chi connectivity index (χ4v) is 4.20. The Morgan fingerprint density at radius 2 is 2.00 bits per heavy atom. The number of fused-ring (bicyclic) bond motifs is 2. The highest BCUT2D eigenvalue weighted by Gasteiger charge is 2.48. The van der Waals surface area contributed by atoms with Gasteiger partial charge in [-0.1, -0.05) is 6.92 Å². The van der Waals surface area contributed by atoms with E-state index in [1.165, 1.54) is 32.1 Å². The molecule has 4 unspecified atom stereocenters. The number of nitrogens with one attached hydrogen (secondary N) is 1. The number of nitrogens with two attached hydrogens (primary N) is 1. The van der Waals surface area contributed by atoms with E-state index >= 15 is 0 Å². The maximum atomic E-state index is 12.3. The average Bonchev–Trinajstić information content (AvgIpc) is 3.05. The van der Waals surface area contributed by atoms with Gasteiger partial charge >= 0.3 is 0 Å². The first-order chi connectivity index (χ1) is 9.20. The van der Waals surface area contributed by atoms with Gasteiger partial charge in [-0.2, -0.15) is 0 Å². The molecule has 0 aromatic heterocycles. The maximum absolute atomic E-state index is 12.3. The first-order valence-corrected chi connectivity index (χ1v) is 7.98. The lowest BCUT2D eigenvalue weighted by Crippen LogP contribution is -2.47. The van der Waals surface area contributed by atoms with Gasteiger partial charge in [0.05, 0.1) is 5.92 Å². The van der Waals surface area contributed by atoms with E-state index in [0.717, 1.165) is 25.7 Å². The van der Waals surface area contributed by atoms with Crippen molar-refractivity contribution in [2.24, 2.45) is 23.5 Å². The zero-order valence-electron chi connectivity index (χ0n) is 12.0. The Balaban J connectivity index is 1.44. The molecule has 0 spiro atoms. The summed E-state index contributed by atoms with van der Waals surface area (Å²) in [4.78, 5) is 14.8. The number of rotatable bonds is 6. The van der Waals surface area contributed by atoms with Gasteiger partial charge in [0.15, 0.2) is 0 Å². The van der Waals surface area contributed by atoms with Crippen LogP contribution in [0.25, 0.3) is 0 Å². The molecule has 3 N–H and O–H groups in total. The van der Waals surface area contributed by atoms with Gasteiger partial charge in [-0.3, -0.25) is 9.69 Å². The number of carbonyl (C=O) groups is 1. The molecule has 0 radical (unpaired) electrons. The Hall–Kier alpha value is -0.610. The Morgan fingerprint density at radius 1 is 1.26 bits per heavy atom. The SMILES string of the molecule is CCN(CCNC(=O)C1C2CCC(C2)C1N)C1CC1. The van der Waals surface area contributed by atoms with E-state index in [-0.39, 0.29) is 17.9 Å². The molecule has 0 aromatic rings. The smallest absolute Gasteiger partial charge is 0.225 e. The van der Waals surface area contributed by atoms with Crippen LogP contribution in [0.1, 0.15) is 39.0 Å². The second-order valence-electron chi connectivity index (χ2n) is 6.59. The highest BCUT2D eigenvalue weighted by Crippen LogP contribution is 2.47. The van der Waals surface area contributed by atoms with Crippen LogP contribution in [0.2, 0.25) is 0 Å². The van der Waals surface area contributed by atoms with Crippen molar-refractivity contribution in [1.82, 2.24) is 10.2 Å². The van der Waals surface area contributed by atoms with Gasteiger partial charge < -0.3 is 11.1 Å². The summed E-state index contributed by atoms with van der Waals surface area (Å²) in [6.07, 6.45) is 6.29. The third-order valence-electron chi connectivity index (χ3n) is 5.45. The molecule has 3 aliphatic rings. The summed E-state index contributed by atoms with van der Waals surface area (Å²) in [6.45, 7) is 5.06. The van der Waals surface area contributed by atoms with Crippen molar-refractivity contribution < 1.29 is 4.79 Å². The zero-order valence-corrected chi connectivity index (χ0v) is 12.0. The summed E-state index contributed by atoms with van der Waals surface area (Å²) in [6, 6.07) is 0.899. The lowest BCUT2D eigenvalue weighted by Gasteiger charge is -2.27. The molecule has 2 bridgehead atoms. The van der Waals surface area contributed by atoms with E-state index in [4.69, 9.17) is 5.73 Å². The molecule has 0 heterocycles. The van der Waals surface area contributed by atoms with Crippen LogP contribution in [0.3, 0.4) is 0 Å². The minimum Gasteiger partial charge on any atom is -0.355 e. The van der Waals surface area contributed by atoms with Crippen LogP contribution in [0.15, 0.2) is 0 Å². The van der Waals surface area contributed by atoms with E-state index < -0.39 is 0 Å². The predicted molar refractivity (Wildman–Crippen MR) is 75.6 cm³/mol. The van der Waals surface area contributed by atoms with Gasteiger partial charge in [0.2, 0.25) is 5.91 Å². The fourth-order valence-electron chi connectivity index (χ4n) is 4.20. The third kappa shape index (κ3) is 2.65. The molecule has 0 aromatic carbocycles. The molecule has 3 aliphatic carbocycles. The lowest BCUT2D eigenvalue weighted by molar-refractivity contribution is -0.127. The minimum absolute atomic E-state index is 0.0924. The van der Waals surface area contributed by atoms with Gasteiger partial charge in [0.25, 0.3) is 0 Å². The molecular formula is C15H27N3O. The Bertz CT molecular complexity index is 340. The Kier molecular flexibility index (Phi) is 3.81. The van der Waals surface area contributed by atoms with E-state index in [1.807, 2.05) is 0 Å². The van der Waals surface area contributed by atoms with Gasteiger partial charge in [-0.15, -0.1) is 0 Å². The van der Waals surface area contributed by atoms with Crippen molar-refractivity contribution >= 4 is 5.91 Å². The first kappa shape index (κ1) is 13.4. The summed E-state index contributed by atoms with van der Waals surface area (Å²) >= 11 is 0. The molecule has 4 nitrogen and oxygen atoms in total. The summed E-state index contributed by atoms with van der Waals surface area (Å²) in [5.74, 6) is 1.48. The Labute approximate surface area is 116 Å². The molecule has 4 atom stereocenters. The molecular weight excluding hydrogens is 238 g/mol. The average molecular weight is 265 g/mol. The van der Waals surface area contributed by atoms with Crippen LogP contribution in [0, 0.1) is 17.8 Å². The quantitative estimate of drug-likeness (QED) is 0.752. The monoisotopic (exact) mass is 265 g/mol. The van der Waals surface area contributed by atoms with E-state index in [1.54, 1.807) is 0 Å². The third-order valence-corrected chi connectivity index (χ3v) is 5.45. The minimum atomic E-state index is 0.0924. The van der Waals surface area contributed by atoms with Crippen LogP contribution in [-0.4, -0.2) is 42.5 Å². The highest BCUT2D eigenvalue weighted by molar-refractivity contribution is 5.80. The topological polar surface area (TPSA) is 58.4 Å². The summed E-state index contributed by atoms with van der Waals surface area (Å²) in [5.41, 5.74) is 6.21. The molecule has 3 rings (SSSR count). The molecule has 4 heteroatoms. The normalized spacial score (nSPS) is 37.0. The lowest BCUT2D eigenvalue weighted by atomic mass is 9.84. The van der Waals surface area contributed by atoms with Crippen LogP contribution in [0.5, 0.6) is 0 Å². The van der Waals surface area contributed by atoms with Crippen LogP contribution in [0.4, 0.5) is 0 Å². The van der Waals surface area contributed by atoms with E-state index in [9.17, 15) is 4.79 Å². The zero-order chi connectivity index (χ0) is 13.4. The van der Waals surface area contributed by atoms with Crippen LogP contribution in [-0.2, 0) is 4.79 Å². The molecule has 0 saturated heterocycles. The largest absolute Gasteiger partial charge is 0.355 e. The number of hydrogen-bond donors (Lipinski definition) is 2. The number of amides is 1. The standard InChI is InChI=1S/C15H27N3O/c1-2-18(12-5-6-12)8-7-17-15(19)13-10-3-4-11(9-10)14(13)16/h10-14H,2-9,16H2,1H3,(H,17,19). The second-order valence-corrected chi connectivity index (χ2v) is 6.59. The number of likely N-dealkylation sites (N-methyl/N-ethyl adjacent to an activating group) is 1. The number of carbonyl (C=O) groups excluding carboxylic acids is 1. The summed E-state index contributed by atoms with van der Waals surface area (Å²) in [7, 11) is 0. The van der Waals surface area contributed by atoms with Crippen molar-refractivity contribution in [3.05, 3.63) is 0 Å². The van der Waals surface area contributed by atoms with Gasteiger partial charge in [0.1, 0.15) is 0 Å². The van der Waals surface area contributed by atoms with Gasteiger partial charge in [-0.25, -0.2) is 0 Å². The second kappa shape index (κ2) is 5.41. The highest BCUT2D eigenvalue weighted by atomic mass is 16.1. The molecule has 3 fully saturated rings.